The van der Waals surface area contributed by atoms with Gasteiger partial charge in [0.15, 0.2) is 16.7 Å². The van der Waals surface area contributed by atoms with Gasteiger partial charge in [0.2, 0.25) is 5.75 Å². The van der Waals surface area contributed by atoms with Crippen molar-refractivity contribution in [2.75, 3.05) is 27.9 Å². The lowest BCUT2D eigenvalue weighted by Crippen LogP contribution is -2.28. The van der Waals surface area contributed by atoms with Crippen molar-refractivity contribution in [1.29, 1.82) is 0 Å². The van der Waals surface area contributed by atoms with E-state index < -0.39 is 0 Å². The van der Waals surface area contributed by atoms with Gasteiger partial charge in [-0.05, 0) is 61.2 Å². The van der Waals surface area contributed by atoms with Gasteiger partial charge in [-0.3, -0.25) is 9.69 Å². The molecule has 2 aromatic rings. The zero-order chi connectivity index (χ0) is 21.0. The fourth-order valence-corrected chi connectivity index (χ4v) is 3.93. The molecule has 29 heavy (non-hydrogen) atoms. The zero-order valence-corrected chi connectivity index (χ0v) is 17.4. The van der Waals surface area contributed by atoms with Gasteiger partial charge in [-0.15, -0.1) is 0 Å². The van der Waals surface area contributed by atoms with Gasteiger partial charge in [-0.2, -0.15) is 0 Å². The molecule has 1 aliphatic rings. The van der Waals surface area contributed by atoms with Crippen molar-refractivity contribution < 1.29 is 23.4 Å². The van der Waals surface area contributed by atoms with Crippen molar-refractivity contribution in [2.24, 2.45) is 4.99 Å². The minimum atomic E-state index is -0.336. The van der Waals surface area contributed by atoms with Gasteiger partial charge in [0.1, 0.15) is 5.82 Å². The standard InChI is InChI=1S/C21H21FN2O4S/c1-5-24-20(25)17(29-21(24)23-15-9-7-14(22)8-10-15)12-13-6-11-16(26-2)19(28-4)18(13)27-3/h6-12H,5H2,1-4H3/b17-12+,23-21?. The van der Waals surface area contributed by atoms with Crippen LogP contribution >= 0.6 is 11.8 Å². The van der Waals surface area contributed by atoms with Gasteiger partial charge < -0.3 is 14.2 Å². The van der Waals surface area contributed by atoms with E-state index in [0.717, 1.165) is 0 Å². The first-order chi connectivity index (χ1) is 14.0. The normalized spacial score (nSPS) is 16.6. The predicted octanol–water partition coefficient (Wildman–Crippen LogP) is 4.48. The summed E-state index contributed by atoms with van der Waals surface area (Å²) < 4.78 is 29.3. The van der Waals surface area contributed by atoms with Gasteiger partial charge in [0.05, 0.1) is 31.9 Å². The van der Waals surface area contributed by atoms with Crippen LogP contribution in [0.3, 0.4) is 0 Å². The van der Waals surface area contributed by atoms with Crippen molar-refractivity contribution in [3.05, 3.63) is 52.7 Å². The Morgan fingerprint density at radius 1 is 1.03 bits per heavy atom. The molecule has 0 N–H and O–H groups in total. The zero-order valence-electron chi connectivity index (χ0n) is 16.6. The van der Waals surface area contributed by atoms with Crippen LogP contribution in [-0.2, 0) is 4.79 Å². The molecule has 1 saturated heterocycles. The first-order valence-electron chi connectivity index (χ1n) is 8.87. The maximum absolute atomic E-state index is 13.1. The molecule has 152 valence electrons. The first-order valence-corrected chi connectivity index (χ1v) is 9.68. The Morgan fingerprint density at radius 2 is 1.72 bits per heavy atom. The van der Waals surface area contributed by atoms with E-state index in [-0.39, 0.29) is 11.7 Å². The second-order valence-corrected chi connectivity index (χ2v) is 6.96. The van der Waals surface area contributed by atoms with E-state index in [4.69, 9.17) is 14.2 Å². The number of carbonyl (C=O) groups excluding carboxylic acids is 1. The highest BCUT2D eigenvalue weighted by molar-refractivity contribution is 8.18. The number of likely N-dealkylation sites (N-methyl/N-ethyl adjacent to an activating group) is 1. The Hall–Kier alpha value is -3.00. The van der Waals surface area contributed by atoms with Gasteiger partial charge in [-0.25, -0.2) is 9.38 Å². The maximum atomic E-state index is 13.1. The molecule has 6 nitrogen and oxygen atoms in total. The van der Waals surface area contributed by atoms with Crippen LogP contribution in [0.2, 0.25) is 0 Å². The van der Waals surface area contributed by atoms with Crippen LogP contribution in [0.5, 0.6) is 17.2 Å². The Bertz CT molecular complexity index is 973. The molecule has 3 rings (SSSR count). The molecule has 0 saturated carbocycles. The monoisotopic (exact) mass is 416 g/mol. The molecule has 0 aliphatic carbocycles. The van der Waals surface area contributed by atoms with E-state index in [1.165, 1.54) is 38.1 Å². The summed E-state index contributed by atoms with van der Waals surface area (Å²) >= 11 is 1.25. The molecule has 0 aromatic heterocycles. The van der Waals surface area contributed by atoms with E-state index in [2.05, 4.69) is 4.99 Å². The third-order valence-corrected chi connectivity index (χ3v) is 5.28. The molecule has 0 bridgehead atoms. The summed E-state index contributed by atoms with van der Waals surface area (Å²) in [7, 11) is 4.60. The number of ether oxygens (including phenoxy) is 3. The number of halogens is 1. The number of amides is 1. The summed E-state index contributed by atoms with van der Waals surface area (Å²) in [6.45, 7) is 2.34. The Balaban J connectivity index is 2.00. The fourth-order valence-electron chi connectivity index (χ4n) is 2.88. The van der Waals surface area contributed by atoms with Gasteiger partial charge in [0.25, 0.3) is 5.91 Å². The fraction of sp³-hybridized carbons (Fsp3) is 0.238. The number of hydrogen-bond donors (Lipinski definition) is 0. The summed E-state index contributed by atoms with van der Waals surface area (Å²) in [5.41, 5.74) is 1.25. The van der Waals surface area contributed by atoms with E-state index in [1.54, 1.807) is 42.4 Å². The van der Waals surface area contributed by atoms with Gasteiger partial charge in [-0.1, -0.05) is 0 Å². The number of methoxy groups -OCH3 is 3. The van der Waals surface area contributed by atoms with Gasteiger partial charge >= 0.3 is 0 Å². The number of carbonyl (C=O) groups is 1. The smallest absolute Gasteiger partial charge is 0.266 e. The molecule has 0 spiro atoms. The second kappa shape index (κ2) is 9.00. The molecule has 0 unspecified atom stereocenters. The molecule has 0 atom stereocenters. The van der Waals surface area contributed by atoms with Crippen LogP contribution in [0, 0.1) is 5.82 Å². The maximum Gasteiger partial charge on any atom is 0.266 e. The number of amidine groups is 1. The van der Waals surface area contributed by atoms with Crippen LogP contribution in [0.25, 0.3) is 6.08 Å². The minimum absolute atomic E-state index is 0.157. The van der Waals surface area contributed by atoms with E-state index in [0.29, 0.717) is 45.1 Å². The van der Waals surface area contributed by atoms with E-state index >= 15 is 0 Å². The van der Waals surface area contributed by atoms with Crippen molar-refractivity contribution in [1.82, 2.24) is 4.90 Å². The van der Waals surface area contributed by atoms with Crippen LogP contribution in [0.1, 0.15) is 12.5 Å². The summed E-state index contributed by atoms with van der Waals surface area (Å²) in [4.78, 5) is 19.4. The van der Waals surface area contributed by atoms with Crippen LogP contribution in [0.4, 0.5) is 10.1 Å². The molecule has 1 heterocycles. The van der Waals surface area contributed by atoms with E-state index in [9.17, 15) is 9.18 Å². The van der Waals surface area contributed by atoms with Crippen molar-refractivity contribution in [3.63, 3.8) is 0 Å². The molecule has 1 amide bonds. The number of hydrogen-bond acceptors (Lipinski definition) is 6. The number of aliphatic imine (C=N–C) groups is 1. The summed E-state index contributed by atoms with van der Waals surface area (Å²) in [6.07, 6.45) is 1.74. The average Bonchev–Trinajstić information content (AvgIpc) is 3.03. The lowest BCUT2D eigenvalue weighted by atomic mass is 10.1. The second-order valence-electron chi connectivity index (χ2n) is 5.95. The Kier molecular flexibility index (Phi) is 6.43. The van der Waals surface area contributed by atoms with Crippen LogP contribution in [0.15, 0.2) is 46.3 Å². The molecular weight excluding hydrogens is 395 g/mol. The molecule has 1 aliphatic heterocycles. The first kappa shape index (κ1) is 20.7. The lowest BCUT2D eigenvalue weighted by Gasteiger charge is -2.14. The van der Waals surface area contributed by atoms with Crippen molar-refractivity contribution in [3.8, 4) is 17.2 Å². The van der Waals surface area contributed by atoms with Gasteiger partial charge in [0, 0.05) is 12.1 Å². The minimum Gasteiger partial charge on any atom is -0.493 e. The summed E-state index contributed by atoms with van der Waals surface area (Å²) in [6, 6.07) is 9.36. The number of thioether (sulfide) groups is 1. The third kappa shape index (κ3) is 4.22. The van der Waals surface area contributed by atoms with Crippen molar-refractivity contribution >= 4 is 34.6 Å². The number of nitrogens with zero attached hydrogens (tertiary/aromatic N) is 2. The molecular formula is C21H21FN2O4S. The van der Waals surface area contributed by atoms with E-state index in [1.807, 2.05) is 6.92 Å². The van der Waals surface area contributed by atoms with Crippen LogP contribution in [-0.4, -0.2) is 43.8 Å². The van der Waals surface area contributed by atoms with Crippen LogP contribution < -0.4 is 14.2 Å². The Labute approximate surface area is 173 Å². The summed E-state index contributed by atoms with van der Waals surface area (Å²) in [5.74, 6) is 0.963. The Morgan fingerprint density at radius 3 is 2.31 bits per heavy atom. The number of benzene rings is 2. The predicted molar refractivity (Wildman–Crippen MR) is 113 cm³/mol. The largest absolute Gasteiger partial charge is 0.493 e. The van der Waals surface area contributed by atoms with Crippen molar-refractivity contribution in [2.45, 2.75) is 6.92 Å². The molecule has 0 radical (unpaired) electrons. The molecule has 1 fully saturated rings. The molecule has 2 aromatic carbocycles. The highest BCUT2D eigenvalue weighted by atomic mass is 32.2. The SMILES string of the molecule is CCN1C(=O)/C(=C\c2ccc(OC)c(OC)c2OC)SC1=Nc1ccc(F)cc1. The number of rotatable bonds is 6. The topological polar surface area (TPSA) is 60.4 Å². The average molecular weight is 416 g/mol. The quantitative estimate of drug-likeness (QED) is 0.650. The highest BCUT2D eigenvalue weighted by Crippen LogP contribution is 2.42. The molecule has 8 heteroatoms. The third-order valence-electron chi connectivity index (χ3n) is 4.28. The summed E-state index contributed by atoms with van der Waals surface area (Å²) in [5, 5.41) is 0.537. The highest BCUT2D eigenvalue weighted by Gasteiger charge is 2.32. The lowest BCUT2D eigenvalue weighted by molar-refractivity contribution is -0.122.